The Labute approximate surface area is 148 Å². The van der Waals surface area contributed by atoms with Crippen LogP contribution < -0.4 is 5.32 Å². The summed E-state index contributed by atoms with van der Waals surface area (Å²) in [5.41, 5.74) is 1.54. The van der Waals surface area contributed by atoms with E-state index in [2.05, 4.69) is 29.1 Å². The van der Waals surface area contributed by atoms with E-state index in [9.17, 15) is 9.18 Å². The number of halogens is 1. The maximum atomic E-state index is 12.9. The Morgan fingerprint density at radius 3 is 2.24 bits per heavy atom. The lowest BCUT2D eigenvalue weighted by Gasteiger charge is -2.21. The molecule has 1 aromatic carbocycles. The second-order valence-electron chi connectivity index (χ2n) is 5.89. The van der Waals surface area contributed by atoms with Crippen LogP contribution in [0.3, 0.4) is 0 Å². The molecule has 0 aliphatic rings. The standard InChI is InChI=1S/C19H25FN4O/c1-3-11-24(12-4-2)18(25)16-13-22-19(23-14-16)21-10-9-15-5-7-17(20)8-6-15/h5-8,13-14H,3-4,9-12H2,1-2H3,(H,21,22,23). The van der Waals surface area contributed by atoms with Crippen molar-refractivity contribution in [3.63, 3.8) is 0 Å². The molecular formula is C19H25FN4O. The minimum atomic E-state index is -0.236. The second-order valence-corrected chi connectivity index (χ2v) is 5.89. The number of hydrogen-bond donors (Lipinski definition) is 1. The third-order valence-corrected chi connectivity index (χ3v) is 3.78. The predicted molar refractivity (Wildman–Crippen MR) is 97.1 cm³/mol. The summed E-state index contributed by atoms with van der Waals surface area (Å²) in [4.78, 5) is 22.7. The first-order chi connectivity index (χ1) is 12.1. The molecule has 0 radical (unpaired) electrons. The normalized spacial score (nSPS) is 10.5. The quantitative estimate of drug-likeness (QED) is 0.756. The fourth-order valence-corrected chi connectivity index (χ4v) is 2.54. The van der Waals surface area contributed by atoms with Crippen LogP contribution in [0.25, 0.3) is 0 Å². The molecule has 2 rings (SSSR count). The molecule has 0 atom stereocenters. The largest absolute Gasteiger partial charge is 0.354 e. The summed E-state index contributed by atoms with van der Waals surface area (Å²) < 4.78 is 12.9. The Hall–Kier alpha value is -2.50. The van der Waals surface area contributed by atoms with Gasteiger partial charge in [-0.3, -0.25) is 4.79 Å². The number of nitrogens with one attached hydrogen (secondary N) is 1. The van der Waals surface area contributed by atoms with Gasteiger partial charge in [0.05, 0.1) is 5.56 Å². The van der Waals surface area contributed by atoms with Gasteiger partial charge in [-0.05, 0) is 37.0 Å². The summed E-state index contributed by atoms with van der Waals surface area (Å²) >= 11 is 0. The molecule has 1 aromatic heterocycles. The van der Waals surface area contributed by atoms with Gasteiger partial charge >= 0.3 is 0 Å². The van der Waals surface area contributed by atoms with E-state index in [1.165, 1.54) is 12.1 Å². The fraction of sp³-hybridized carbons (Fsp3) is 0.421. The zero-order valence-corrected chi connectivity index (χ0v) is 14.8. The molecule has 0 fully saturated rings. The van der Waals surface area contributed by atoms with Crippen molar-refractivity contribution in [2.45, 2.75) is 33.1 Å². The lowest BCUT2D eigenvalue weighted by molar-refractivity contribution is 0.0754. The van der Waals surface area contributed by atoms with Crippen LogP contribution in [0.1, 0.15) is 42.6 Å². The van der Waals surface area contributed by atoms with E-state index in [0.717, 1.165) is 37.9 Å². The van der Waals surface area contributed by atoms with Crippen molar-refractivity contribution in [3.05, 3.63) is 53.6 Å². The van der Waals surface area contributed by atoms with Gasteiger partial charge in [-0.2, -0.15) is 0 Å². The van der Waals surface area contributed by atoms with Gasteiger partial charge in [-0.15, -0.1) is 0 Å². The number of carbonyl (C=O) groups excluding carboxylic acids is 1. The summed E-state index contributed by atoms with van der Waals surface area (Å²) in [5, 5.41) is 3.11. The average molecular weight is 344 g/mol. The third kappa shape index (κ3) is 5.81. The van der Waals surface area contributed by atoms with Crippen LogP contribution in [0.5, 0.6) is 0 Å². The number of nitrogens with zero attached hydrogens (tertiary/aromatic N) is 3. The number of aromatic nitrogens is 2. The van der Waals surface area contributed by atoms with Crippen LogP contribution >= 0.6 is 0 Å². The maximum absolute atomic E-state index is 12.9. The lowest BCUT2D eigenvalue weighted by Crippen LogP contribution is -2.32. The van der Waals surface area contributed by atoms with Crippen LogP contribution in [-0.4, -0.2) is 40.4 Å². The topological polar surface area (TPSA) is 58.1 Å². The van der Waals surface area contributed by atoms with E-state index < -0.39 is 0 Å². The summed E-state index contributed by atoms with van der Waals surface area (Å²) in [6.07, 6.45) is 5.72. The van der Waals surface area contributed by atoms with Crippen molar-refractivity contribution in [3.8, 4) is 0 Å². The van der Waals surface area contributed by atoms with Crippen molar-refractivity contribution in [1.82, 2.24) is 14.9 Å². The van der Waals surface area contributed by atoms with Crippen LogP contribution in [-0.2, 0) is 6.42 Å². The average Bonchev–Trinajstić information content (AvgIpc) is 2.63. The van der Waals surface area contributed by atoms with Crippen molar-refractivity contribution in [2.24, 2.45) is 0 Å². The maximum Gasteiger partial charge on any atom is 0.256 e. The highest BCUT2D eigenvalue weighted by Gasteiger charge is 2.15. The van der Waals surface area contributed by atoms with Gasteiger partial charge in [-0.1, -0.05) is 26.0 Å². The van der Waals surface area contributed by atoms with Gasteiger partial charge in [0.15, 0.2) is 0 Å². The molecule has 0 spiro atoms. The van der Waals surface area contributed by atoms with Gasteiger partial charge in [-0.25, -0.2) is 14.4 Å². The second kappa shape index (κ2) is 9.71. The van der Waals surface area contributed by atoms with E-state index in [1.54, 1.807) is 24.5 Å². The summed E-state index contributed by atoms with van der Waals surface area (Å²) in [6, 6.07) is 6.42. The zero-order valence-electron chi connectivity index (χ0n) is 14.8. The van der Waals surface area contributed by atoms with Crippen molar-refractivity contribution < 1.29 is 9.18 Å². The Balaban J connectivity index is 1.88. The third-order valence-electron chi connectivity index (χ3n) is 3.78. The molecule has 0 saturated carbocycles. The van der Waals surface area contributed by atoms with Gasteiger partial charge < -0.3 is 10.2 Å². The molecule has 0 bridgehead atoms. The fourth-order valence-electron chi connectivity index (χ4n) is 2.54. The van der Waals surface area contributed by atoms with Crippen LogP contribution in [0.2, 0.25) is 0 Å². The highest BCUT2D eigenvalue weighted by atomic mass is 19.1. The van der Waals surface area contributed by atoms with Gasteiger partial charge in [0.1, 0.15) is 5.82 Å². The molecule has 1 N–H and O–H groups in total. The molecule has 1 amide bonds. The number of amides is 1. The minimum absolute atomic E-state index is 0.0263. The molecule has 134 valence electrons. The number of anilines is 1. The molecule has 1 heterocycles. The lowest BCUT2D eigenvalue weighted by atomic mass is 10.1. The molecule has 0 unspecified atom stereocenters. The molecule has 0 aliphatic heterocycles. The summed E-state index contributed by atoms with van der Waals surface area (Å²) in [7, 11) is 0. The number of hydrogen-bond acceptors (Lipinski definition) is 4. The van der Waals surface area contributed by atoms with Crippen LogP contribution in [0.4, 0.5) is 10.3 Å². The zero-order chi connectivity index (χ0) is 18.1. The molecule has 6 heteroatoms. The first kappa shape index (κ1) is 18.8. The Bertz CT molecular complexity index is 652. The highest BCUT2D eigenvalue weighted by molar-refractivity contribution is 5.93. The Morgan fingerprint density at radius 2 is 1.68 bits per heavy atom. The highest BCUT2D eigenvalue weighted by Crippen LogP contribution is 2.08. The molecule has 5 nitrogen and oxygen atoms in total. The van der Waals surface area contributed by atoms with Crippen molar-refractivity contribution in [2.75, 3.05) is 25.0 Å². The molecule has 25 heavy (non-hydrogen) atoms. The first-order valence-corrected chi connectivity index (χ1v) is 8.73. The van der Waals surface area contributed by atoms with Crippen molar-refractivity contribution >= 4 is 11.9 Å². The van der Waals surface area contributed by atoms with Gasteiger partial charge in [0, 0.05) is 32.0 Å². The van der Waals surface area contributed by atoms with E-state index in [4.69, 9.17) is 0 Å². The number of benzene rings is 1. The van der Waals surface area contributed by atoms with Crippen LogP contribution in [0.15, 0.2) is 36.7 Å². The SMILES string of the molecule is CCCN(CCC)C(=O)c1cnc(NCCc2ccc(F)cc2)nc1. The van der Waals surface area contributed by atoms with Gasteiger partial charge in [0.2, 0.25) is 5.95 Å². The number of carbonyl (C=O) groups is 1. The summed E-state index contributed by atoms with van der Waals surface area (Å²) in [6.45, 7) is 6.23. The minimum Gasteiger partial charge on any atom is -0.354 e. The van der Waals surface area contributed by atoms with E-state index >= 15 is 0 Å². The predicted octanol–water partition coefficient (Wildman–Crippen LogP) is 3.53. The molecule has 0 aliphatic carbocycles. The molecule has 2 aromatic rings. The molecular weight excluding hydrogens is 319 g/mol. The number of rotatable bonds is 9. The Morgan fingerprint density at radius 1 is 1.08 bits per heavy atom. The molecule has 0 saturated heterocycles. The smallest absolute Gasteiger partial charge is 0.256 e. The first-order valence-electron chi connectivity index (χ1n) is 8.73. The summed E-state index contributed by atoms with van der Waals surface area (Å²) in [5.74, 6) is 0.221. The van der Waals surface area contributed by atoms with Crippen molar-refractivity contribution in [1.29, 1.82) is 0 Å². The Kier molecular flexibility index (Phi) is 7.32. The van der Waals surface area contributed by atoms with Gasteiger partial charge in [0.25, 0.3) is 5.91 Å². The van der Waals surface area contributed by atoms with E-state index in [0.29, 0.717) is 18.1 Å². The van der Waals surface area contributed by atoms with E-state index in [1.807, 2.05) is 4.90 Å². The van der Waals surface area contributed by atoms with E-state index in [-0.39, 0.29) is 11.7 Å². The van der Waals surface area contributed by atoms with Crippen LogP contribution in [0, 0.1) is 5.82 Å². The monoisotopic (exact) mass is 344 g/mol.